The van der Waals surface area contributed by atoms with Crippen LogP contribution in [0.1, 0.15) is 11.1 Å². The topological polar surface area (TPSA) is 25.8 Å². The van der Waals surface area contributed by atoms with Crippen LogP contribution in [-0.2, 0) is 10.7 Å². The van der Waals surface area contributed by atoms with Crippen LogP contribution in [0.25, 0.3) is 0 Å². The van der Waals surface area contributed by atoms with Crippen LogP contribution in [0.3, 0.4) is 0 Å². The summed E-state index contributed by atoms with van der Waals surface area (Å²) < 4.78 is 0. The first-order valence-corrected chi connectivity index (χ1v) is 7.01. The molecule has 18 heavy (non-hydrogen) atoms. The van der Waals surface area contributed by atoms with Crippen molar-refractivity contribution in [2.75, 3.05) is 0 Å². The predicted molar refractivity (Wildman–Crippen MR) is 94.4 cm³/mol. The molecule has 0 amide bonds. The standard InChI is InChI=1S/2C6H6BrN.2BrH/c2*7-4-6-2-1-3-8-5-6;;/h2*1-3,5H,4H2;2*1H. The van der Waals surface area contributed by atoms with Gasteiger partial charge < -0.3 is 0 Å². The molecule has 0 aromatic carbocycles. The second-order valence-electron chi connectivity index (χ2n) is 2.99. The van der Waals surface area contributed by atoms with Crippen molar-refractivity contribution in [2.45, 2.75) is 10.7 Å². The fourth-order valence-electron chi connectivity index (χ4n) is 0.954. The maximum Gasteiger partial charge on any atom is 0.0308 e. The van der Waals surface area contributed by atoms with Crippen molar-refractivity contribution in [1.82, 2.24) is 9.97 Å². The Kier molecular flexibility index (Phi) is 15.6. The van der Waals surface area contributed by atoms with E-state index in [4.69, 9.17) is 0 Å². The quantitative estimate of drug-likeness (QED) is 0.530. The molecule has 2 nitrogen and oxygen atoms in total. The molecule has 0 bridgehead atoms. The molecule has 100 valence electrons. The summed E-state index contributed by atoms with van der Waals surface area (Å²) in [6, 6.07) is 7.91. The van der Waals surface area contributed by atoms with Gasteiger partial charge in [0, 0.05) is 35.4 Å². The van der Waals surface area contributed by atoms with Crippen molar-refractivity contribution in [3.63, 3.8) is 0 Å². The molecule has 0 saturated carbocycles. The normalized spacial score (nSPS) is 8.11. The van der Waals surface area contributed by atoms with Crippen LogP contribution < -0.4 is 0 Å². The minimum atomic E-state index is 0. The van der Waals surface area contributed by atoms with Crippen molar-refractivity contribution in [3.05, 3.63) is 60.2 Å². The van der Waals surface area contributed by atoms with Gasteiger partial charge in [-0.05, 0) is 23.3 Å². The molecular formula is C12H14Br4N2. The van der Waals surface area contributed by atoms with Crippen molar-refractivity contribution in [3.8, 4) is 0 Å². The highest BCUT2D eigenvalue weighted by atomic mass is 79.9. The molecule has 2 aromatic heterocycles. The summed E-state index contributed by atoms with van der Waals surface area (Å²) in [7, 11) is 0. The smallest absolute Gasteiger partial charge is 0.0308 e. The Morgan fingerprint density at radius 3 is 1.33 bits per heavy atom. The molecule has 0 saturated heterocycles. The Labute approximate surface area is 145 Å². The lowest BCUT2D eigenvalue weighted by molar-refractivity contribution is 1.26. The van der Waals surface area contributed by atoms with Gasteiger partial charge in [-0.1, -0.05) is 44.0 Å². The lowest BCUT2D eigenvalue weighted by atomic mass is 10.3. The number of alkyl halides is 2. The highest BCUT2D eigenvalue weighted by Gasteiger charge is 1.83. The molecule has 0 aliphatic heterocycles. The third kappa shape index (κ3) is 9.19. The number of rotatable bonds is 2. The Morgan fingerprint density at radius 2 is 1.17 bits per heavy atom. The Morgan fingerprint density at radius 1 is 0.778 bits per heavy atom. The number of pyridine rings is 2. The lowest BCUT2D eigenvalue weighted by Gasteiger charge is -1.87. The highest BCUT2D eigenvalue weighted by molar-refractivity contribution is 9.08. The fraction of sp³-hybridized carbons (Fsp3) is 0.167. The number of aromatic nitrogens is 2. The molecule has 0 fully saturated rings. The average Bonchev–Trinajstić information content (AvgIpc) is 2.41. The van der Waals surface area contributed by atoms with Crippen LogP contribution >= 0.6 is 65.8 Å². The number of hydrogen-bond acceptors (Lipinski definition) is 2. The summed E-state index contributed by atoms with van der Waals surface area (Å²) >= 11 is 6.63. The number of nitrogens with zero attached hydrogens (tertiary/aromatic N) is 2. The molecule has 0 spiro atoms. The van der Waals surface area contributed by atoms with Gasteiger partial charge in [0.2, 0.25) is 0 Å². The highest BCUT2D eigenvalue weighted by Crippen LogP contribution is 2.00. The molecule has 0 aliphatic rings. The van der Waals surface area contributed by atoms with Crippen molar-refractivity contribution in [2.24, 2.45) is 0 Å². The summed E-state index contributed by atoms with van der Waals surface area (Å²) in [5.74, 6) is 0. The van der Waals surface area contributed by atoms with E-state index in [1.165, 1.54) is 11.1 Å². The summed E-state index contributed by atoms with van der Waals surface area (Å²) in [5, 5.41) is 1.78. The van der Waals surface area contributed by atoms with Gasteiger partial charge in [0.25, 0.3) is 0 Å². The van der Waals surface area contributed by atoms with Gasteiger partial charge in [0.15, 0.2) is 0 Å². The van der Waals surface area contributed by atoms with E-state index in [-0.39, 0.29) is 34.0 Å². The van der Waals surface area contributed by atoms with Crippen LogP contribution in [0.15, 0.2) is 49.1 Å². The Balaban J connectivity index is 0. The van der Waals surface area contributed by atoms with Crippen LogP contribution in [-0.4, -0.2) is 9.97 Å². The monoisotopic (exact) mass is 502 g/mol. The molecule has 0 atom stereocenters. The van der Waals surface area contributed by atoms with E-state index in [1.54, 1.807) is 12.4 Å². The zero-order chi connectivity index (χ0) is 11.6. The first-order chi connectivity index (χ1) is 7.86. The second-order valence-corrected chi connectivity index (χ2v) is 4.11. The molecule has 0 radical (unpaired) electrons. The second kappa shape index (κ2) is 13.6. The van der Waals surface area contributed by atoms with Crippen molar-refractivity contribution < 1.29 is 0 Å². The van der Waals surface area contributed by atoms with Gasteiger partial charge in [0.05, 0.1) is 0 Å². The van der Waals surface area contributed by atoms with E-state index in [0.29, 0.717) is 0 Å². The maximum absolute atomic E-state index is 3.93. The summed E-state index contributed by atoms with van der Waals surface area (Å²) in [5.41, 5.74) is 2.43. The van der Waals surface area contributed by atoms with Gasteiger partial charge in [-0.25, -0.2) is 0 Å². The zero-order valence-corrected chi connectivity index (χ0v) is 16.1. The van der Waals surface area contributed by atoms with E-state index in [1.807, 2.05) is 36.7 Å². The summed E-state index contributed by atoms with van der Waals surface area (Å²) in [6.07, 6.45) is 7.22. The van der Waals surface area contributed by atoms with Crippen LogP contribution in [0, 0.1) is 0 Å². The largest absolute Gasteiger partial charge is 0.264 e. The van der Waals surface area contributed by atoms with Gasteiger partial charge in [-0.2, -0.15) is 0 Å². The van der Waals surface area contributed by atoms with Crippen LogP contribution in [0.2, 0.25) is 0 Å². The minimum absolute atomic E-state index is 0. The van der Waals surface area contributed by atoms with E-state index in [2.05, 4.69) is 41.8 Å². The first-order valence-electron chi connectivity index (χ1n) is 4.76. The summed E-state index contributed by atoms with van der Waals surface area (Å²) in [4.78, 5) is 7.85. The van der Waals surface area contributed by atoms with E-state index in [0.717, 1.165) is 10.7 Å². The number of hydrogen-bond donors (Lipinski definition) is 0. The zero-order valence-electron chi connectivity index (χ0n) is 9.50. The van der Waals surface area contributed by atoms with E-state index >= 15 is 0 Å². The molecule has 0 N–H and O–H groups in total. The van der Waals surface area contributed by atoms with Crippen LogP contribution in [0.5, 0.6) is 0 Å². The first kappa shape index (κ1) is 20.5. The Hall–Kier alpha value is 0.220. The molecule has 2 rings (SSSR count). The molecular weight excluding hydrogens is 492 g/mol. The van der Waals surface area contributed by atoms with Crippen molar-refractivity contribution in [1.29, 1.82) is 0 Å². The Bertz CT molecular complexity index is 344. The third-order valence-corrected chi connectivity index (χ3v) is 3.05. The van der Waals surface area contributed by atoms with Gasteiger partial charge in [0.1, 0.15) is 0 Å². The number of halogens is 4. The molecule has 0 unspecified atom stereocenters. The molecule has 6 heteroatoms. The lowest BCUT2D eigenvalue weighted by Crippen LogP contribution is -1.75. The summed E-state index contributed by atoms with van der Waals surface area (Å²) in [6.45, 7) is 0. The minimum Gasteiger partial charge on any atom is -0.264 e. The van der Waals surface area contributed by atoms with E-state index < -0.39 is 0 Å². The molecule has 2 aromatic rings. The van der Waals surface area contributed by atoms with Crippen LogP contribution in [0.4, 0.5) is 0 Å². The SMILES string of the molecule is Br.Br.BrCc1cccnc1.BrCc1cccnc1. The molecule has 2 heterocycles. The van der Waals surface area contributed by atoms with Gasteiger partial charge in [-0.3, -0.25) is 9.97 Å². The van der Waals surface area contributed by atoms with Gasteiger partial charge >= 0.3 is 0 Å². The fourth-order valence-corrected chi connectivity index (χ4v) is 1.62. The maximum atomic E-state index is 3.93. The molecule has 0 aliphatic carbocycles. The van der Waals surface area contributed by atoms with Gasteiger partial charge in [-0.15, -0.1) is 34.0 Å². The predicted octanol–water partition coefficient (Wildman–Crippen LogP) is 5.11. The average molecular weight is 506 g/mol. The van der Waals surface area contributed by atoms with E-state index in [9.17, 15) is 0 Å². The van der Waals surface area contributed by atoms with Crippen molar-refractivity contribution >= 4 is 65.8 Å². The third-order valence-electron chi connectivity index (χ3n) is 1.75.